The Bertz CT molecular complexity index is 407. The zero-order valence-corrected chi connectivity index (χ0v) is 13.8. The number of nitrogens with zero attached hydrogens (tertiary/aromatic N) is 1. The van der Waals surface area contributed by atoms with Gasteiger partial charge in [-0.1, -0.05) is 19.3 Å². The Balaban J connectivity index is 2.00. The fraction of sp³-hybridized carbons (Fsp3) is 0.688. The highest BCUT2D eigenvalue weighted by Crippen LogP contribution is 2.30. The van der Waals surface area contributed by atoms with Crippen LogP contribution in [0.2, 0.25) is 0 Å². The van der Waals surface area contributed by atoms with Crippen LogP contribution >= 0.6 is 15.9 Å². The van der Waals surface area contributed by atoms with Gasteiger partial charge in [-0.3, -0.25) is 4.98 Å². The van der Waals surface area contributed by atoms with Gasteiger partial charge in [0.25, 0.3) is 0 Å². The molecule has 1 heterocycles. The minimum absolute atomic E-state index is 0.0501. The van der Waals surface area contributed by atoms with Crippen LogP contribution in [0.3, 0.4) is 0 Å². The van der Waals surface area contributed by atoms with E-state index in [1.165, 1.54) is 37.7 Å². The second-order valence-corrected chi connectivity index (χ2v) is 6.61. The molecule has 1 aromatic heterocycles. The molecule has 2 unspecified atom stereocenters. The van der Waals surface area contributed by atoms with Gasteiger partial charge in [0.05, 0.1) is 6.10 Å². The average Bonchev–Trinajstić information content (AvgIpc) is 2.45. The zero-order valence-electron chi connectivity index (χ0n) is 12.2. The minimum Gasteiger partial charge on any atom is -0.377 e. The minimum atomic E-state index is 0.0501. The van der Waals surface area contributed by atoms with Gasteiger partial charge in [0.1, 0.15) is 0 Å². The van der Waals surface area contributed by atoms with Crippen LogP contribution in [0.5, 0.6) is 0 Å². The third kappa shape index (κ3) is 4.54. The molecule has 2 atom stereocenters. The van der Waals surface area contributed by atoms with Gasteiger partial charge in [0.2, 0.25) is 0 Å². The SMILES string of the molecule is CCOC(C(N)Cc1cncc(Br)c1)C1CCCCC1. The fourth-order valence-corrected chi connectivity index (χ4v) is 3.63. The van der Waals surface area contributed by atoms with Gasteiger partial charge in [-0.25, -0.2) is 0 Å². The van der Waals surface area contributed by atoms with Crippen LogP contribution in [0.1, 0.15) is 44.6 Å². The molecule has 1 aromatic rings. The third-order valence-corrected chi connectivity index (χ3v) is 4.56. The molecule has 1 saturated carbocycles. The highest BCUT2D eigenvalue weighted by molar-refractivity contribution is 9.10. The molecule has 2 rings (SSSR count). The Hall–Kier alpha value is -0.450. The van der Waals surface area contributed by atoms with E-state index in [2.05, 4.69) is 33.9 Å². The van der Waals surface area contributed by atoms with Crippen molar-refractivity contribution >= 4 is 15.9 Å². The molecular weight excluding hydrogens is 316 g/mol. The van der Waals surface area contributed by atoms with Crippen LogP contribution < -0.4 is 5.73 Å². The van der Waals surface area contributed by atoms with E-state index in [9.17, 15) is 0 Å². The molecule has 0 aliphatic heterocycles. The lowest BCUT2D eigenvalue weighted by Gasteiger charge is -2.34. The Morgan fingerprint density at radius 3 is 2.75 bits per heavy atom. The van der Waals surface area contributed by atoms with Crippen LogP contribution in [0.25, 0.3) is 0 Å². The maximum absolute atomic E-state index is 6.45. The number of hydrogen-bond donors (Lipinski definition) is 1. The largest absolute Gasteiger partial charge is 0.377 e. The molecule has 3 nitrogen and oxygen atoms in total. The van der Waals surface area contributed by atoms with Crippen molar-refractivity contribution in [2.45, 2.75) is 57.6 Å². The lowest BCUT2D eigenvalue weighted by molar-refractivity contribution is -0.00913. The Morgan fingerprint density at radius 2 is 2.10 bits per heavy atom. The highest BCUT2D eigenvalue weighted by atomic mass is 79.9. The number of rotatable bonds is 6. The maximum Gasteiger partial charge on any atom is 0.0757 e. The first-order valence-corrected chi connectivity index (χ1v) is 8.46. The summed E-state index contributed by atoms with van der Waals surface area (Å²) < 4.78 is 7.00. The first kappa shape index (κ1) is 15.9. The van der Waals surface area contributed by atoms with Crippen LogP contribution in [0, 0.1) is 5.92 Å². The second-order valence-electron chi connectivity index (χ2n) is 5.70. The number of nitrogens with two attached hydrogens (primary N) is 1. The number of aromatic nitrogens is 1. The van der Waals surface area contributed by atoms with E-state index in [1.807, 2.05) is 6.20 Å². The van der Waals surface area contributed by atoms with Crippen molar-refractivity contribution in [3.63, 3.8) is 0 Å². The van der Waals surface area contributed by atoms with E-state index in [0.717, 1.165) is 17.5 Å². The molecule has 1 aliphatic rings. The quantitative estimate of drug-likeness (QED) is 0.858. The molecule has 2 N–H and O–H groups in total. The number of pyridine rings is 1. The summed E-state index contributed by atoms with van der Waals surface area (Å²) in [5, 5.41) is 0. The standard InChI is InChI=1S/C16H25BrN2O/c1-2-20-16(13-6-4-3-5-7-13)15(18)9-12-8-14(17)11-19-10-12/h8,10-11,13,15-16H,2-7,9,18H2,1H3. The van der Waals surface area contributed by atoms with E-state index in [-0.39, 0.29) is 12.1 Å². The molecule has 112 valence electrons. The predicted octanol–water partition coefficient (Wildman–Crippen LogP) is 3.70. The Morgan fingerprint density at radius 1 is 1.35 bits per heavy atom. The molecular formula is C16H25BrN2O. The summed E-state index contributed by atoms with van der Waals surface area (Å²) in [5.41, 5.74) is 7.62. The second kappa shape index (κ2) is 8.11. The van der Waals surface area contributed by atoms with Crippen molar-refractivity contribution in [3.05, 3.63) is 28.5 Å². The van der Waals surface area contributed by atoms with Crippen LogP contribution in [-0.4, -0.2) is 23.7 Å². The van der Waals surface area contributed by atoms with Crippen LogP contribution in [-0.2, 0) is 11.2 Å². The number of halogens is 1. The van der Waals surface area contributed by atoms with Gasteiger partial charge in [0, 0.05) is 29.5 Å². The van der Waals surface area contributed by atoms with E-state index >= 15 is 0 Å². The van der Waals surface area contributed by atoms with Crippen molar-refractivity contribution in [2.75, 3.05) is 6.61 Å². The van der Waals surface area contributed by atoms with Crippen LogP contribution in [0.4, 0.5) is 0 Å². The molecule has 0 amide bonds. The van der Waals surface area contributed by atoms with Gasteiger partial charge < -0.3 is 10.5 Å². The van der Waals surface area contributed by atoms with E-state index < -0.39 is 0 Å². The van der Waals surface area contributed by atoms with Gasteiger partial charge in [-0.05, 0) is 59.7 Å². The number of hydrogen-bond acceptors (Lipinski definition) is 3. The van der Waals surface area contributed by atoms with Gasteiger partial charge >= 0.3 is 0 Å². The van der Waals surface area contributed by atoms with Crippen molar-refractivity contribution in [1.29, 1.82) is 0 Å². The van der Waals surface area contributed by atoms with Crippen LogP contribution in [0.15, 0.2) is 22.9 Å². The van der Waals surface area contributed by atoms with E-state index in [1.54, 1.807) is 6.20 Å². The van der Waals surface area contributed by atoms with Crippen molar-refractivity contribution < 1.29 is 4.74 Å². The van der Waals surface area contributed by atoms with E-state index in [4.69, 9.17) is 10.5 Å². The van der Waals surface area contributed by atoms with Gasteiger partial charge in [-0.15, -0.1) is 0 Å². The van der Waals surface area contributed by atoms with Crippen molar-refractivity contribution in [1.82, 2.24) is 4.98 Å². The molecule has 1 fully saturated rings. The summed E-state index contributed by atoms with van der Waals surface area (Å²) in [6, 6.07) is 2.14. The summed E-state index contributed by atoms with van der Waals surface area (Å²) >= 11 is 3.46. The zero-order chi connectivity index (χ0) is 14.4. The predicted molar refractivity (Wildman–Crippen MR) is 85.6 cm³/mol. The Labute approximate surface area is 130 Å². The first-order valence-electron chi connectivity index (χ1n) is 7.67. The van der Waals surface area contributed by atoms with Gasteiger partial charge in [0.15, 0.2) is 0 Å². The highest BCUT2D eigenvalue weighted by Gasteiger charge is 2.29. The lowest BCUT2D eigenvalue weighted by Crippen LogP contribution is -2.44. The molecule has 4 heteroatoms. The molecule has 1 aliphatic carbocycles. The summed E-state index contributed by atoms with van der Waals surface area (Å²) in [6.45, 7) is 2.80. The van der Waals surface area contributed by atoms with Gasteiger partial charge in [-0.2, -0.15) is 0 Å². The summed E-state index contributed by atoms with van der Waals surface area (Å²) in [5.74, 6) is 0.624. The summed E-state index contributed by atoms with van der Waals surface area (Å²) in [6.07, 6.45) is 11.2. The van der Waals surface area contributed by atoms with Crippen molar-refractivity contribution in [3.8, 4) is 0 Å². The molecule has 20 heavy (non-hydrogen) atoms. The summed E-state index contributed by atoms with van der Waals surface area (Å²) in [7, 11) is 0. The molecule has 0 saturated heterocycles. The molecule has 0 bridgehead atoms. The third-order valence-electron chi connectivity index (χ3n) is 4.13. The molecule has 0 aromatic carbocycles. The Kier molecular flexibility index (Phi) is 6.46. The van der Waals surface area contributed by atoms with E-state index in [0.29, 0.717) is 5.92 Å². The average molecular weight is 341 g/mol. The normalized spacial score (nSPS) is 19.8. The topological polar surface area (TPSA) is 48.1 Å². The first-order chi connectivity index (χ1) is 9.70. The molecule has 0 radical (unpaired) electrons. The van der Waals surface area contributed by atoms with Crippen molar-refractivity contribution in [2.24, 2.45) is 11.7 Å². The number of ether oxygens (including phenoxy) is 1. The summed E-state index contributed by atoms with van der Waals surface area (Å²) in [4.78, 5) is 4.21. The maximum atomic E-state index is 6.45. The lowest BCUT2D eigenvalue weighted by atomic mass is 9.81. The fourth-order valence-electron chi connectivity index (χ4n) is 3.22. The molecule has 0 spiro atoms. The monoisotopic (exact) mass is 340 g/mol. The smallest absolute Gasteiger partial charge is 0.0757 e.